The highest BCUT2D eigenvalue weighted by molar-refractivity contribution is 5.85. The molecule has 2 aliphatic rings. The molecule has 2 aliphatic carbocycles. The minimum atomic E-state index is 0.0479. The molecule has 0 heterocycles. The van der Waals surface area contributed by atoms with Gasteiger partial charge in [0.25, 0.3) is 0 Å². The molecular weight excluding hydrogens is 362 g/mol. The molecule has 0 saturated heterocycles. The third-order valence-electron chi connectivity index (χ3n) is 6.41. The highest BCUT2D eigenvalue weighted by Crippen LogP contribution is 2.66. The highest BCUT2D eigenvalue weighted by atomic mass is 16.5. The quantitative estimate of drug-likeness (QED) is 0.589. The van der Waals surface area contributed by atoms with Gasteiger partial charge in [0.2, 0.25) is 5.91 Å². The fourth-order valence-corrected chi connectivity index (χ4v) is 4.66. The van der Waals surface area contributed by atoms with Gasteiger partial charge in [-0.2, -0.15) is 10.4 Å². The van der Waals surface area contributed by atoms with Gasteiger partial charge in [-0.25, -0.2) is 5.43 Å². The molecule has 3 atom stereocenters. The summed E-state index contributed by atoms with van der Waals surface area (Å²) in [6.45, 7) is 2.58. The summed E-state index contributed by atoms with van der Waals surface area (Å²) in [4.78, 5) is 12.4. The largest absolute Gasteiger partial charge is 0.489 e. The average Bonchev–Trinajstić information content (AvgIpc) is 3.39. The third kappa shape index (κ3) is 4.02. The molecule has 148 valence electrons. The van der Waals surface area contributed by atoms with Crippen LogP contribution in [0.5, 0.6) is 5.75 Å². The molecule has 2 saturated carbocycles. The molecule has 0 bridgehead atoms. The molecule has 2 fully saturated rings. The molecule has 5 nitrogen and oxygen atoms in total. The van der Waals surface area contributed by atoms with Gasteiger partial charge in [0.05, 0.1) is 17.8 Å². The van der Waals surface area contributed by atoms with Crippen molar-refractivity contribution < 1.29 is 9.53 Å². The summed E-state index contributed by atoms with van der Waals surface area (Å²) in [7, 11) is 0. The second-order valence-corrected chi connectivity index (χ2v) is 8.20. The van der Waals surface area contributed by atoms with E-state index in [0.29, 0.717) is 23.8 Å². The van der Waals surface area contributed by atoms with E-state index >= 15 is 0 Å². The van der Waals surface area contributed by atoms with Gasteiger partial charge in [0.1, 0.15) is 12.4 Å². The summed E-state index contributed by atoms with van der Waals surface area (Å²) >= 11 is 0. The van der Waals surface area contributed by atoms with Crippen LogP contribution in [0.4, 0.5) is 0 Å². The first-order valence-corrected chi connectivity index (χ1v) is 10.2. The van der Waals surface area contributed by atoms with Crippen molar-refractivity contribution in [3.05, 3.63) is 65.2 Å². The van der Waals surface area contributed by atoms with Crippen LogP contribution in [0.15, 0.2) is 53.6 Å². The van der Waals surface area contributed by atoms with Gasteiger partial charge in [0, 0.05) is 11.5 Å². The number of nitrogens with one attached hydrogen (secondary N) is 1. The Morgan fingerprint density at radius 3 is 2.79 bits per heavy atom. The molecule has 0 spiro atoms. The van der Waals surface area contributed by atoms with Gasteiger partial charge in [-0.05, 0) is 60.1 Å². The molecule has 2 aromatic carbocycles. The summed E-state index contributed by atoms with van der Waals surface area (Å²) < 4.78 is 5.77. The SMILES string of the molecule is C[C@]12CCCC[C@@H]1[C@@H]2C(=O)N/N=C\c1ccc(OCc2ccccc2C#N)cc1. The Hall–Kier alpha value is -3.13. The van der Waals surface area contributed by atoms with Crippen LogP contribution in [-0.4, -0.2) is 12.1 Å². The number of fused-ring (bicyclic) bond motifs is 1. The summed E-state index contributed by atoms with van der Waals surface area (Å²) in [5.41, 5.74) is 5.28. The molecule has 29 heavy (non-hydrogen) atoms. The van der Waals surface area contributed by atoms with Crippen LogP contribution < -0.4 is 10.2 Å². The molecule has 2 aromatic rings. The summed E-state index contributed by atoms with van der Waals surface area (Å²) in [5, 5.41) is 13.3. The maximum Gasteiger partial charge on any atom is 0.244 e. The van der Waals surface area contributed by atoms with Crippen molar-refractivity contribution in [2.24, 2.45) is 22.4 Å². The maximum atomic E-state index is 12.4. The fourth-order valence-electron chi connectivity index (χ4n) is 4.66. The van der Waals surface area contributed by atoms with Crippen molar-refractivity contribution in [1.29, 1.82) is 5.26 Å². The van der Waals surface area contributed by atoms with Gasteiger partial charge in [-0.3, -0.25) is 4.79 Å². The van der Waals surface area contributed by atoms with Crippen LogP contribution in [-0.2, 0) is 11.4 Å². The van der Waals surface area contributed by atoms with Gasteiger partial charge < -0.3 is 4.74 Å². The number of carbonyl (C=O) groups is 1. The van der Waals surface area contributed by atoms with Crippen molar-refractivity contribution in [3.63, 3.8) is 0 Å². The number of benzene rings is 2. The minimum Gasteiger partial charge on any atom is -0.489 e. The van der Waals surface area contributed by atoms with Crippen molar-refractivity contribution in [1.82, 2.24) is 5.43 Å². The van der Waals surface area contributed by atoms with E-state index < -0.39 is 0 Å². The number of ether oxygens (including phenoxy) is 1. The predicted octanol–water partition coefficient (Wildman–Crippen LogP) is 4.41. The number of hydrogen-bond acceptors (Lipinski definition) is 4. The monoisotopic (exact) mass is 387 g/mol. The number of amides is 1. The number of hydrazone groups is 1. The lowest BCUT2D eigenvalue weighted by atomic mass is 9.90. The molecule has 5 heteroatoms. The number of nitrogens with zero attached hydrogens (tertiary/aromatic N) is 2. The van der Waals surface area contributed by atoms with Crippen LogP contribution in [0, 0.1) is 28.6 Å². The number of hydrogen-bond donors (Lipinski definition) is 1. The van der Waals surface area contributed by atoms with E-state index in [9.17, 15) is 4.79 Å². The van der Waals surface area contributed by atoms with Crippen molar-refractivity contribution in [3.8, 4) is 11.8 Å². The van der Waals surface area contributed by atoms with E-state index in [-0.39, 0.29) is 17.2 Å². The Kier molecular flexibility index (Phi) is 5.35. The van der Waals surface area contributed by atoms with Crippen molar-refractivity contribution in [2.45, 2.75) is 39.2 Å². The fraction of sp³-hybridized carbons (Fsp3) is 0.375. The molecule has 0 aliphatic heterocycles. The molecule has 1 N–H and O–H groups in total. The number of nitriles is 1. The maximum absolute atomic E-state index is 12.4. The topological polar surface area (TPSA) is 74.5 Å². The Bertz CT molecular complexity index is 961. The van der Waals surface area contributed by atoms with Crippen LogP contribution >= 0.6 is 0 Å². The zero-order chi connectivity index (χ0) is 20.3. The Morgan fingerprint density at radius 2 is 2.07 bits per heavy atom. The molecule has 0 unspecified atom stereocenters. The van der Waals surface area contributed by atoms with E-state index in [0.717, 1.165) is 17.5 Å². The van der Waals surface area contributed by atoms with Gasteiger partial charge in [0.15, 0.2) is 0 Å². The molecule has 4 rings (SSSR count). The van der Waals surface area contributed by atoms with Crippen molar-refractivity contribution >= 4 is 12.1 Å². The summed E-state index contributed by atoms with van der Waals surface area (Å²) in [6.07, 6.45) is 6.44. The highest BCUT2D eigenvalue weighted by Gasteiger charge is 2.64. The first kappa shape index (κ1) is 19.2. The Morgan fingerprint density at radius 1 is 1.28 bits per heavy atom. The van der Waals surface area contributed by atoms with E-state index in [1.807, 2.05) is 42.5 Å². The minimum absolute atomic E-state index is 0.0479. The predicted molar refractivity (Wildman–Crippen MR) is 111 cm³/mol. The smallest absolute Gasteiger partial charge is 0.244 e. The Balaban J connectivity index is 1.28. The second-order valence-electron chi connectivity index (χ2n) is 8.20. The zero-order valence-corrected chi connectivity index (χ0v) is 16.6. The first-order chi connectivity index (χ1) is 14.1. The van der Waals surface area contributed by atoms with E-state index in [1.54, 1.807) is 12.3 Å². The normalized spacial score (nSPS) is 25.1. The third-order valence-corrected chi connectivity index (χ3v) is 6.41. The van der Waals surface area contributed by atoms with Crippen LogP contribution in [0.25, 0.3) is 0 Å². The summed E-state index contributed by atoms with van der Waals surface area (Å²) in [5.74, 6) is 1.42. The lowest BCUT2D eigenvalue weighted by molar-refractivity contribution is -0.123. The molecule has 0 radical (unpaired) electrons. The summed E-state index contributed by atoms with van der Waals surface area (Å²) in [6, 6.07) is 17.1. The lowest BCUT2D eigenvalue weighted by Crippen LogP contribution is -2.22. The second kappa shape index (κ2) is 8.08. The van der Waals surface area contributed by atoms with Crippen LogP contribution in [0.2, 0.25) is 0 Å². The van der Waals surface area contributed by atoms with Gasteiger partial charge in [-0.15, -0.1) is 0 Å². The van der Waals surface area contributed by atoms with Crippen molar-refractivity contribution in [2.75, 3.05) is 0 Å². The van der Waals surface area contributed by atoms with Crippen LogP contribution in [0.3, 0.4) is 0 Å². The number of rotatable bonds is 6. The van der Waals surface area contributed by atoms with E-state index in [1.165, 1.54) is 19.3 Å². The van der Waals surface area contributed by atoms with E-state index in [2.05, 4.69) is 23.5 Å². The van der Waals surface area contributed by atoms with Gasteiger partial charge in [-0.1, -0.05) is 38.0 Å². The molecular formula is C24H25N3O2. The van der Waals surface area contributed by atoms with Gasteiger partial charge >= 0.3 is 0 Å². The first-order valence-electron chi connectivity index (χ1n) is 10.2. The Labute approximate surface area is 171 Å². The average molecular weight is 387 g/mol. The molecule has 0 aromatic heterocycles. The standard InChI is InChI=1S/C24H25N3O2/c1-24-13-5-4-8-21(24)22(24)23(28)27-26-15-17-9-11-20(12-10-17)29-16-19-7-3-2-6-18(19)14-25/h2-3,6-7,9-12,15,21-22H,4-5,8,13,16H2,1H3,(H,27,28)/b26-15-/t21-,22-,24+/m1/s1. The molecule has 1 amide bonds. The zero-order valence-electron chi connectivity index (χ0n) is 16.6. The van der Waals surface area contributed by atoms with Crippen LogP contribution in [0.1, 0.15) is 49.3 Å². The van der Waals surface area contributed by atoms with E-state index in [4.69, 9.17) is 10.00 Å². The number of carbonyl (C=O) groups excluding carboxylic acids is 1. The lowest BCUT2D eigenvalue weighted by Gasteiger charge is -2.15.